The third-order valence-electron chi connectivity index (χ3n) is 5.60. The predicted molar refractivity (Wildman–Crippen MR) is 109 cm³/mol. The first-order valence-corrected chi connectivity index (χ1v) is 9.82. The molecule has 1 N–H and O–H groups in total. The number of ether oxygens (including phenoxy) is 1. The fourth-order valence-corrected chi connectivity index (χ4v) is 3.95. The normalized spacial score (nSPS) is 17.6. The predicted octanol–water partition coefficient (Wildman–Crippen LogP) is 3.82. The number of nitrogens with one attached hydrogen (secondary N) is 1. The number of halogens is 2. The Balaban J connectivity index is 1.43. The minimum Gasteiger partial charge on any atom is -0.378 e. The minimum atomic E-state index is -0.623. The van der Waals surface area contributed by atoms with Crippen molar-refractivity contribution in [2.75, 3.05) is 19.8 Å². The number of rotatable bonds is 4. The smallest absolute Gasteiger partial charge is 0.135 e. The molecule has 1 fully saturated rings. The van der Waals surface area contributed by atoms with E-state index in [1.807, 2.05) is 25.2 Å². The van der Waals surface area contributed by atoms with Gasteiger partial charge in [-0.05, 0) is 24.3 Å². The number of para-hydroxylation sites is 2. The molecule has 4 aromatic rings. The van der Waals surface area contributed by atoms with Crippen LogP contribution in [-0.2, 0) is 18.3 Å². The fourth-order valence-electron chi connectivity index (χ4n) is 3.95. The Morgan fingerprint density at radius 2 is 2.07 bits per heavy atom. The van der Waals surface area contributed by atoms with E-state index < -0.39 is 11.6 Å². The number of hydrogen-bond donors (Lipinski definition) is 1. The van der Waals surface area contributed by atoms with Crippen LogP contribution >= 0.6 is 0 Å². The molecule has 0 spiro atoms. The SMILES string of the molecule is Cn1c(CN2CCOC[C@H]2c2ncc(-c3ccc(F)cc3F)[nH]2)nc2ccccc21. The quantitative estimate of drug-likeness (QED) is 0.557. The van der Waals surface area contributed by atoms with Gasteiger partial charge < -0.3 is 14.3 Å². The second-order valence-electron chi connectivity index (χ2n) is 7.44. The monoisotopic (exact) mass is 409 g/mol. The zero-order chi connectivity index (χ0) is 20.7. The van der Waals surface area contributed by atoms with Crippen molar-refractivity contribution < 1.29 is 13.5 Å². The fraction of sp³-hybridized carbons (Fsp3) is 0.273. The molecule has 2 aromatic heterocycles. The van der Waals surface area contributed by atoms with Crippen molar-refractivity contribution >= 4 is 11.0 Å². The summed E-state index contributed by atoms with van der Waals surface area (Å²) in [4.78, 5) is 14.7. The summed E-state index contributed by atoms with van der Waals surface area (Å²) in [5, 5.41) is 0. The lowest BCUT2D eigenvalue weighted by atomic mass is 10.1. The van der Waals surface area contributed by atoms with Gasteiger partial charge in [-0.1, -0.05) is 12.1 Å². The average molecular weight is 409 g/mol. The minimum absolute atomic E-state index is 0.115. The molecule has 3 heterocycles. The highest BCUT2D eigenvalue weighted by Gasteiger charge is 2.28. The molecule has 1 saturated heterocycles. The Hall–Kier alpha value is -3.10. The van der Waals surface area contributed by atoms with Crippen LogP contribution in [0.1, 0.15) is 17.7 Å². The molecule has 0 amide bonds. The molecule has 2 aromatic carbocycles. The maximum absolute atomic E-state index is 14.2. The molecule has 0 radical (unpaired) electrons. The number of aromatic amines is 1. The van der Waals surface area contributed by atoms with Crippen LogP contribution in [-0.4, -0.2) is 44.2 Å². The zero-order valence-corrected chi connectivity index (χ0v) is 16.5. The van der Waals surface area contributed by atoms with Crippen LogP contribution in [0.4, 0.5) is 8.78 Å². The van der Waals surface area contributed by atoms with Crippen LogP contribution in [0.15, 0.2) is 48.7 Å². The Morgan fingerprint density at radius 1 is 1.20 bits per heavy atom. The van der Waals surface area contributed by atoms with Crippen molar-refractivity contribution in [1.29, 1.82) is 0 Å². The summed E-state index contributed by atoms with van der Waals surface area (Å²) in [6.45, 7) is 2.47. The van der Waals surface area contributed by atoms with E-state index in [9.17, 15) is 8.78 Å². The van der Waals surface area contributed by atoms with Gasteiger partial charge in [-0.25, -0.2) is 18.7 Å². The molecule has 0 saturated carbocycles. The highest BCUT2D eigenvalue weighted by Crippen LogP contribution is 2.28. The summed E-state index contributed by atoms with van der Waals surface area (Å²) in [6, 6.07) is 11.5. The van der Waals surface area contributed by atoms with Gasteiger partial charge in [0.2, 0.25) is 0 Å². The van der Waals surface area contributed by atoms with Gasteiger partial charge in [-0.15, -0.1) is 0 Å². The van der Waals surface area contributed by atoms with Gasteiger partial charge in [0.1, 0.15) is 23.3 Å². The van der Waals surface area contributed by atoms with E-state index in [1.54, 1.807) is 6.20 Å². The van der Waals surface area contributed by atoms with Gasteiger partial charge in [0.05, 0.1) is 48.7 Å². The lowest BCUT2D eigenvalue weighted by Gasteiger charge is -2.34. The van der Waals surface area contributed by atoms with Crippen molar-refractivity contribution in [2.24, 2.45) is 7.05 Å². The van der Waals surface area contributed by atoms with Gasteiger partial charge >= 0.3 is 0 Å². The molecule has 8 heteroatoms. The number of aryl methyl sites for hydroxylation is 1. The Bertz CT molecular complexity index is 1200. The van der Waals surface area contributed by atoms with Gasteiger partial charge in [0.25, 0.3) is 0 Å². The average Bonchev–Trinajstić information content (AvgIpc) is 3.34. The van der Waals surface area contributed by atoms with E-state index in [1.165, 1.54) is 12.1 Å². The molecule has 6 nitrogen and oxygen atoms in total. The molecule has 1 atom stereocenters. The van der Waals surface area contributed by atoms with Gasteiger partial charge in [0.15, 0.2) is 0 Å². The first-order chi connectivity index (χ1) is 14.6. The van der Waals surface area contributed by atoms with Crippen molar-refractivity contribution in [2.45, 2.75) is 12.6 Å². The largest absolute Gasteiger partial charge is 0.378 e. The molecule has 0 aliphatic carbocycles. The number of nitrogens with zero attached hydrogens (tertiary/aromatic N) is 4. The van der Waals surface area contributed by atoms with Crippen LogP contribution in [0.25, 0.3) is 22.3 Å². The second kappa shape index (κ2) is 7.62. The van der Waals surface area contributed by atoms with Crippen molar-refractivity contribution in [3.05, 3.63) is 71.9 Å². The van der Waals surface area contributed by atoms with E-state index in [2.05, 4.69) is 25.5 Å². The zero-order valence-electron chi connectivity index (χ0n) is 16.5. The van der Waals surface area contributed by atoms with E-state index in [0.717, 1.165) is 29.5 Å². The van der Waals surface area contributed by atoms with Crippen LogP contribution in [0.2, 0.25) is 0 Å². The number of hydrogen-bond acceptors (Lipinski definition) is 4. The van der Waals surface area contributed by atoms with Crippen LogP contribution in [0.3, 0.4) is 0 Å². The first kappa shape index (κ1) is 18.9. The third kappa shape index (κ3) is 3.38. The van der Waals surface area contributed by atoms with Crippen LogP contribution in [0.5, 0.6) is 0 Å². The number of aromatic nitrogens is 4. The van der Waals surface area contributed by atoms with Crippen molar-refractivity contribution in [1.82, 2.24) is 24.4 Å². The highest BCUT2D eigenvalue weighted by molar-refractivity contribution is 5.75. The van der Waals surface area contributed by atoms with E-state index in [4.69, 9.17) is 9.72 Å². The topological polar surface area (TPSA) is 59.0 Å². The maximum atomic E-state index is 14.2. The second-order valence-corrected chi connectivity index (χ2v) is 7.44. The van der Waals surface area contributed by atoms with E-state index >= 15 is 0 Å². The van der Waals surface area contributed by atoms with Crippen LogP contribution < -0.4 is 0 Å². The highest BCUT2D eigenvalue weighted by atomic mass is 19.1. The molecule has 1 aliphatic rings. The molecule has 0 bridgehead atoms. The van der Waals surface area contributed by atoms with Gasteiger partial charge in [-0.2, -0.15) is 0 Å². The summed E-state index contributed by atoms with van der Waals surface area (Å²) in [5.41, 5.74) is 2.85. The number of benzene rings is 2. The summed E-state index contributed by atoms with van der Waals surface area (Å²) in [7, 11) is 2.02. The molecule has 0 unspecified atom stereocenters. The van der Waals surface area contributed by atoms with Gasteiger partial charge in [0, 0.05) is 25.2 Å². The summed E-state index contributed by atoms with van der Waals surface area (Å²) in [6.07, 6.45) is 1.58. The molecular formula is C22H21F2N5O. The van der Waals surface area contributed by atoms with E-state index in [0.29, 0.717) is 31.3 Å². The molecule has 30 heavy (non-hydrogen) atoms. The van der Waals surface area contributed by atoms with Crippen molar-refractivity contribution in [3.8, 4) is 11.3 Å². The number of imidazole rings is 2. The van der Waals surface area contributed by atoms with Crippen LogP contribution in [0, 0.1) is 11.6 Å². The lowest BCUT2D eigenvalue weighted by Crippen LogP contribution is -2.40. The first-order valence-electron chi connectivity index (χ1n) is 9.82. The lowest BCUT2D eigenvalue weighted by molar-refractivity contribution is -0.0170. The maximum Gasteiger partial charge on any atom is 0.135 e. The Labute approximate surface area is 172 Å². The summed E-state index contributed by atoms with van der Waals surface area (Å²) < 4.78 is 35.2. The Morgan fingerprint density at radius 3 is 2.90 bits per heavy atom. The summed E-state index contributed by atoms with van der Waals surface area (Å²) >= 11 is 0. The van der Waals surface area contributed by atoms with E-state index in [-0.39, 0.29) is 11.6 Å². The molecule has 5 rings (SSSR count). The summed E-state index contributed by atoms with van der Waals surface area (Å²) in [5.74, 6) is 0.415. The number of morpholine rings is 1. The standard InChI is InChI=1S/C22H21F2N5O/c1-28-19-5-3-2-4-17(19)26-21(28)12-29-8-9-30-13-20(29)22-25-11-18(27-22)15-7-6-14(23)10-16(15)24/h2-7,10-11,20H,8-9,12-13H2,1H3,(H,25,27)/t20-/m0/s1. The molecule has 154 valence electrons. The molecule has 1 aliphatic heterocycles. The Kier molecular flexibility index (Phi) is 4.80. The van der Waals surface area contributed by atoms with Gasteiger partial charge in [-0.3, -0.25) is 4.90 Å². The number of H-pyrrole nitrogens is 1. The molecular weight excluding hydrogens is 388 g/mol. The third-order valence-corrected chi connectivity index (χ3v) is 5.60. The number of fused-ring (bicyclic) bond motifs is 1. The van der Waals surface area contributed by atoms with Crippen molar-refractivity contribution in [3.63, 3.8) is 0 Å².